The molecule has 0 radical (unpaired) electrons. The van der Waals surface area contributed by atoms with Gasteiger partial charge in [0, 0.05) is 30.1 Å². The number of hydrogen-bond acceptors (Lipinski definition) is 5. The molecule has 0 saturated heterocycles. The van der Waals surface area contributed by atoms with Gasteiger partial charge >= 0.3 is 0 Å². The molecule has 2 atom stereocenters. The second kappa shape index (κ2) is 8.59. The molecular formula is C21H36N2O3. The van der Waals surface area contributed by atoms with Crippen LogP contribution in [0.3, 0.4) is 0 Å². The number of hydrogen-bond donors (Lipinski definition) is 3. The van der Waals surface area contributed by atoms with Crippen molar-refractivity contribution in [1.82, 2.24) is 0 Å². The Morgan fingerprint density at radius 2 is 1.96 bits per heavy atom. The van der Waals surface area contributed by atoms with Gasteiger partial charge in [-0.15, -0.1) is 0 Å². The third kappa shape index (κ3) is 4.33. The number of nitrogens with two attached hydrogens (primary N) is 1. The molecular weight excluding hydrogens is 328 g/mol. The number of fused-ring (bicyclic) bond motifs is 1. The van der Waals surface area contributed by atoms with Crippen molar-refractivity contribution in [3.63, 3.8) is 0 Å². The van der Waals surface area contributed by atoms with Crippen molar-refractivity contribution in [2.75, 3.05) is 37.0 Å². The highest BCUT2D eigenvalue weighted by Gasteiger charge is 2.39. The molecule has 1 aliphatic rings. The SMILES string of the molecule is CC(C)c1cc2c(cc1N)CC(C)C(C)(C)N2CC(CCO)OCCO. The van der Waals surface area contributed by atoms with E-state index in [9.17, 15) is 5.11 Å². The Morgan fingerprint density at radius 3 is 2.54 bits per heavy atom. The molecule has 5 heteroatoms. The number of aliphatic hydroxyl groups is 2. The van der Waals surface area contributed by atoms with Crippen LogP contribution in [0.4, 0.5) is 11.4 Å². The van der Waals surface area contributed by atoms with Crippen LogP contribution in [-0.2, 0) is 11.2 Å². The van der Waals surface area contributed by atoms with Crippen LogP contribution in [0.15, 0.2) is 12.1 Å². The summed E-state index contributed by atoms with van der Waals surface area (Å²) in [6.45, 7) is 12.2. The van der Waals surface area contributed by atoms with E-state index < -0.39 is 0 Å². The number of ether oxygens (including phenoxy) is 1. The summed E-state index contributed by atoms with van der Waals surface area (Å²) in [7, 11) is 0. The second-order valence-electron chi connectivity index (χ2n) is 8.36. The van der Waals surface area contributed by atoms with Crippen molar-refractivity contribution in [3.8, 4) is 0 Å². The molecule has 26 heavy (non-hydrogen) atoms. The van der Waals surface area contributed by atoms with Crippen molar-refractivity contribution in [1.29, 1.82) is 0 Å². The van der Waals surface area contributed by atoms with Gasteiger partial charge in [0.25, 0.3) is 0 Å². The minimum atomic E-state index is -0.121. The lowest BCUT2D eigenvalue weighted by molar-refractivity contribution is 0.0158. The van der Waals surface area contributed by atoms with E-state index in [1.165, 1.54) is 16.8 Å². The Labute approximate surface area is 158 Å². The predicted octanol–water partition coefficient (Wildman–Crippen LogP) is 2.93. The summed E-state index contributed by atoms with van der Waals surface area (Å²) in [5, 5.41) is 18.5. The molecule has 4 N–H and O–H groups in total. The molecule has 0 aliphatic carbocycles. The second-order valence-corrected chi connectivity index (χ2v) is 8.36. The first kappa shape index (κ1) is 21.0. The molecule has 0 saturated carbocycles. The lowest BCUT2D eigenvalue weighted by Gasteiger charge is -2.50. The fourth-order valence-corrected chi connectivity index (χ4v) is 3.87. The zero-order chi connectivity index (χ0) is 19.5. The van der Waals surface area contributed by atoms with E-state index in [0.29, 0.717) is 31.4 Å². The van der Waals surface area contributed by atoms with Gasteiger partial charge in [-0.2, -0.15) is 0 Å². The quantitative estimate of drug-likeness (QED) is 0.618. The maximum absolute atomic E-state index is 9.42. The molecule has 1 heterocycles. The number of benzene rings is 1. The highest BCUT2D eigenvalue weighted by Crippen LogP contribution is 2.43. The van der Waals surface area contributed by atoms with E-state index in [1.807, 2.05) is 0 Å². The van der Waals surface area contributed by atoms with Crippen LogP contribution in [0.25, 0.3) is 0 Å². The maximum Gasteiger partial charge on any atom is 0.0773 e. The fourth-order valence-electron chi connectivity index (χ4n) is 3.87. The Balaban J connectivity index is 2.43. The Morgan fingerprint density at radius 1 is 1.27 bits per heavy atom. The number of aliphatic hydroxyl groups excluding tert-OH is 2. The molecule has 148 valence electrons. The van der Waals surface area contributed by atoms with Gasteiger partial charge < -0.3 is 25.6 Å². The van der Waals surface area contributed by atoms with Crippen LogP contribution in [-0.4, -0.2) is 48.2 Å². The monoisotopic (exact) mass is 364 g/mol. The molecule has 0 bridgehead atoms. The minimum Gasteiger partial charge on any atom is -0.398 e. The first-order valence-electron chi connectivity index (χ1n) is 9.75. The van der Waals surface area contributed by atoms with E-state index >= 15 is 0 Å². The Hall–Kier alpha value is -1.30. The minimum absolute atomic E-state index is 0.00760. The van der Waals surface area contributed by atoms with Crippen LogP contribution < -0.4 is 10.6 Å². The van der Waals surface area contributed by atoms with Crippen LogP contribution in [0, 0.1) is 5.92 Å². The third-order valence-corrected chi connectivity index (χ3v) is 5.91. The molecule has 1 aromatic carbocycles. The van der Waals surface area contributed by atoms with Crippen molar-refractivity contribution >= 4 is 11.4 Å². The number of anilines is 2. The first-order chi connectivity index (χ1) is 12.2. The fraction of sp³-hybridized carbons (Fsp3) is 0.714. The van der Waals surface area contributed by atoms with Gasteiger partial charge in [0.05, 0.1) is 19.3 Å². The van der Waals surface area contributed by atoms with Gasteiger partial charge in [-0.25, -0.2) is 0 Å². The zero-order valence-corrected chi connectivity index (χ0v) is 17.0. The molecule has 0 aromatic heterocycles. The van der Waals surface area contributed by atoms with Crippen molar-refractivity contribution in [2.24, 2.45) is 5.92 Å². The van der Waals surface area contributed by atoms with Crippen molar-refractivity contribution in [3.05, 3.63) is 23.3 Å². The first-order valence-corrected chi connectivity index (χ1v) is 9.75. The van der Waals surface area contributed by atoms with Crippen LogP contribution >= 0.6 is 0 Å². The summed E-state index contributed by atoms with van der Waals surface area (Å²) in [5.74, 6) is 0.829. The summed E-state index contributed by atoms with van der Waals surface area (Å²) in [6, 6.07) is 4.38. The van der Waals surface area contributed by atoms with Gasteiger partial charge in [-0.3, -0.25) is 0 Å². The number of nitrogen functional groups attached to an aromatic ring is 1. The standard InChI is InChI=1S/C21H36N2O3/c1-14(2)18-12-20-16(11-19(18)22)10-15(3)21(4,5)23(20)13-17(6-7-24)26-9-8-25/h11-12,14-15,17,24-25H,6-10,13,22H2,1-5H3. The van der Waals surface area contributed by atoms with Gasteiger partial charge in [-0.05, 0) is 61.8 Å². The van der Waals surface area contributed by atoms with Crippen LogP contribution in [0.1, 0.15) is 58.1 Å². The average Bonchev–Trinajstić information content (AvgIpc) is 2.56. The maximum atomic E-state index is 9.42. The largest absolute Gasteiger partial charge is 0.398 e. The summed E-state index contributed by atoms with van der Waals surface area (Å²) in [5.41, 5.74) is 10.8. The Bertz CT molecular complexity index is 601. The van der Waals surface area contributed by atoms with E-state index in [2.05, 4.69) is 51.7 Å². The normalized spacial score (nSPS) is 20.3. The molecule has 1 aliphatic heterocycles. The molecule has 2 rings (SSSR count). The van der Waals surface area contributed by atoms with Crippen LogP contribution in [0.5, 0.6) is 0 Å². The number of nitrogens with zero attached hydrogens (tertiary/aromatic N) is 1. The van der Waals surface area contributed by atoms with Gasteiger partial charge in [-0.1, -0.05) is 20.8 Å². The molecule has 0 spiro atoms. The molecule has 2 unspecified atom stereocenters. The summed E-state index contributed by atoms with van der Waals surface area (Å²) < 4.78 is 5.80. The average molecular weight is 365 g/mol. The topological polar surface area (TPSA) is 79.0 Å². The van der Waals surface area contributed by atoms with Gasteiger partial charge in [0.15, 0.2) is 0 Å². The summed E-state index contributed by atoms with van der Waals surface area (Å²) in [4.78, 5) is 2.42. The van der Waals surface area contributed by atoms with Gasteiger partial charge in [0.2, 0.25) is 0 Å². The zero-order valence-electron chi connectivity index (χ0n) is 17.0. The van der Waals surface area contributed by atoms with Crippen molar-refractivity contribution < 1.29 is 14.9 Å². The molecule has 1 aromatic rings. The van der Waals surface area contributed by atoms with E-state index in [4.69, 9.17) is 15.6 Å². The highest BCUT2D eigenvalue weighted by molar-refractivity contribution is 5.67. The van der Waals surface area contributed by atoms with Gasteiger partial charge in [0.1, 0.15) is 0 Å². The predicted molar refractivity (Wildman–Crippen MR) is 108 cm³/mol. The van der Waals surface area contributed by atoms with E-state index in [0.717, 1.165) is 12.1 Å². The molecule has 0 amide bonds. The lowest BCUT2D eigenvalue weighted by atomic mass is 9.77. The smallest absolute Gasteiger partial charge is 0.0773 e. The summed E-state index contributed by atoms with van der Waals surface area (Å²) in [6.07, 6.45) is 1.44. The highest BCUT2D eigenvalue weighted by atomic mass is 16.5. The molecule has 0 fully saturated rings. The van der Waals surface area contributed by atoms with E-state index in [1.54, 1.807) is 0 Å². The third-order valence-electron chi connectivity index (χ3n) is 5.91. The molecule has 5 nitrogen and oxygen atoms in total. The Kier molecular flexibility index (Phi) is 6.94. The number of rotatable bonds is 8. The summed E-state index contributed by atoms with van der Waals surface area (Å²) >= 11 is 0. The van der Waals surface area contributed by atoms with E-state index in [-0.39, 0.29) is 24.9 Å². The van der Waals surface area contributed by atoms with Crippen LogP contribution in [0.2, 0.25) is 0 Å². The van der Waals surface area contributed by atoms with Crippen molar-refractivity contribution in [2.45, 2.75) is 65.0 Å². The lowest BCUT2D eigenvalue weighted by Crippen LogP contribution is -2.55.